The average Bonchev–Trinajstić information content (AvgIpc) is 2.30. The quantitative estimate of drug-likeness (QED) is 0.717. The van der Waals surface area contributed by atoms with Crippen LogP contribution in [0.1, 0.15) is 57.8 Å². The van der Waals surface area contributed by atoms with E-state index in [0.717, 1.165) is 12.8 Å². The van der Waals surface area contributed by atoms with Crippen molar-refractivity contribution in [1.29, 1.82) is 0 Å². The molecule has 1 N–H and O–H groups in total. The van der Waals surface area contributed by atoms with Crippen LogP contribution in [0.25, 0.3) is 0 Å². The van der Waals surface area contributed by atoms with E-state index in [2.05, 4.69) is 0 Å². The van der Waals surface area contributed by atoms with Crippen LogP contribution >= 0.6 is 11.6 Å². The van der Waals surface area contributed by atoms with Gasteiger partial charge in [-0.1, -0.05) is 32.1 Å². The standard InChI is InChI=1S/C13H23ClO/c14-12-9-5-4-8-11(12)13(15)10-6-2-1-3-7-10/h10-13,15H,1-9H2. The van der Waals surface area contributed by atoms with Gasteiger partial charge in [0.25, 0.3) is 0 Å². The van der Waals surface area contributed by atoms with Crippen molar-refractivity contribution in [3.05, 3.63) is 0 Å². The summed E-state index contributed by atoms with van der Waals surface area (Å²) in [6.07, 6.45) is 11.1. The van der Waals surface area contributed by atoms with Gasteiger partial charge in [-0.3, -0.25) is 0 Å². The monoisotopic (exact) mass is 230 g/mol. The van der Waals surface area contributed by atoms with Gasteiger partial charge >= 0.3 is 0 Å². The Hall–Kier alpha value is 0.250. The number of rotatable bonds is 2. The second-order valence-corrected chi connectivity index (χ2v) is 5.91. The highest BCUT2D eigenvalue weighted by Crippen LogP contribution is 2.37. The zero-order valence-corrected chi connectivity index (χ0v) is 10.3. The first-order valence-electron chi connectivity index (χ1n) is 6.61. The number of alkyl halides is 1. The Bertz CT molecular complexity index is 189. The predicted molar refractivity (Wildman–Crippen MR) is 64.2 cm³/mol. The molecule has 2 aliphatic rings. The van der Waals surface area contributed by atoms with Gasteiger partial charge in [0.1, 0.15) is 0 Å². The Morgan fingerprint density at radius 3 is 2.13 bits per heavy atom. The van der Waals surface area contributed by atoms with Gasteiger partial charge in [0.2, 0.25) is 0 Å². The molecule has 0 radical (unpaired) electrons. The smallest absolute Gasteiger partial charge is 0.0610 e. The number of hydrogen-bond donors (Lipinski definition) is 1. The molecule has 2 fully saturated rings. The zero-order chi connectivity index (χ0) is 10.7. The van der Waals surface area contributed by atoms with Crippen molar-refractivity contribution >= 4 is 11.6 Å². The Balaban J connectivity index is 1.89. The minimum Gasteiger partial charge on any atom is -0.392 e. The highest BCUT2D eigenvalue weighted by Gasteiger charge is 2.34. The lowest BCUT2D eigenvalue weighted by atomic mass is 9.75. The Labute approximate surface area is 98.2 Å². The maximum Gasteiger partial charge on any atom is 0.0610 e. The van der Waals surface area contributed by atoms with Crippen molar-refractivity contribution in [2.45, 2.75) is 69.3 Å². The summed E-state index contributed by atoms with van der Waals surface area (Å²) in [5.41, 5.74) is 0. The highest BCUT2D eigenvalue weighted by molar-refractivity contribution is 6.20. The van der Waals surface area contributed by atoms with Crippen molar-refractivity contribution in [2.24, 2.45) is 11.8 Å². The van der Waals surface area contributed by atoms with E-state index in [4.69, 9.17) is 11.6 Å². The van der Waals surface area contributed by atoms with Gasteiger partial charge in [0, 0.05) is 11.3 Å². The van der Waals surface area contributed by atoms with Gasteiger partial charge in [0.05, 0.1) is 6.10 Å². The Morgan fingerprint density at radius 1 is 0.867 bits per heavy atom. The van der Waals surface area contributed by atoms with Gasteiger partial charge in [-0.15, -0.1) is 11.6 Å². The molecule has 0 amide bonds. The molecule has 0 heterocycles. The van der Waals surface area contributed by atoms with E-state index in [-0.39, 0.29) is 11.5 Å². The average molecular weight is 231 g/mol. The van der Waals surface area contributed by atoms with Gasteiger partial charge < -0.3 is 5.11 Å². The van der Waals surface area contributed by atoms with Gasteiger partial charge in [-0.05, 0) is 31.6 Å². The maximum absolute atomic E-state index is 10.4. The normalized spacial score (nSPS) is 36.4. The van der Waals surface area contributed by atoms with E-state index in [1.807, 2.05) is 0 Å². The molecule has 88 valence electrons. The number of halogens is 1. The molecule has 0 aromatic heterocycles. The molecule has 3 unspecified atom stereocenters. The van der Waals surface area contributed by atoms with Crippen LogP contribution in [-0.4, -0.2) is 16.6 Å². The number of aliphatic hydroxyl groups excluding tert-OH is 1. The second-order valence-electron chi connectivity index (χ2n) is 5.35. The molecule has 0 aromatic rings. The van der Waals surface area contributed by atoms with Crippen LogP contribution < -0.4 is 0 Å². The highest BCUT2D eigenvalue weighted by atomic mass is 35.5. The molecule has 3 atom stereocenters. The molecule has 2 aliphatic carbocycles. The first-order chi connectivity index (χ1) is 7.29. The lowest BCUT2D eigenvalue weighted by Crippen LogP contribution is -2.37. The maximum atomic E-state index is 10.4. The second kappa shape index (κ2) is 5.54. The summed E-state index contributed by atoms with van der Waals surface area (Å²) < 4.78 is 0. The molecule has 15 heavy (non-hydrogen) atoms. The topological polar surface area (TPSA) is 20.2 Å². The van der Waals surface area contributed by atoms with Crippen molar-refractivity contribution in [3.8, 4) is 0 Å². The van der Waals surface area contributed by atoms with Crippen LogP contribution in [0.3, 0.4) is 0 Å². The number of hydrogen-bond acceptors (Lipinski definition) is 1. The number of aliphatic hydroxyl groups is 1. The van der Waals surface area contributed by atoms with E-state index in [9.17, 15) is 5.11 Å². The molecular formula is C13H23ClO. The minimum absolute atomic E-state index is 0.118. The van der Waals surface area contributed by atoms with Crippen molar-refractivity contribution in [1.82, 2.24) is 0 Å². The summed E-state index contributed by atoms with van der Waals surface area (Å²) in [5.74, 6) is 0.923. The van der Waals surface area contributed by atoms with E-state index >= 15 is 0 Å². The molecule has 0 saturated heterocycles. The summed E-state index contributed by atoms with van der Waals surface area (Å²) in [6.45, 7) is 0. The Morgan fingerprint density at radius 2 is 1.47 bits per heavy atom. The van der Waals surface area contributed by atoms with Gasteiger partial charge in [-0.2, -0.15) is 0 Å². The molecule has 0 aromatic carbocycles. The van der Waals surface area contributed by atoms with E-state index in [0.29, 0.717) is 11.8 Å². The fourth-order valence-electron chi connectivity index (χ4n) is 3.32. The summed E-state index contributed by atoms with van der Waals surface area (Å²) in [6, 6.07) is 0. The summed E-state index contributed by atoms with van der Waals surface area (Å²) in [4.78, 5) is 0. The van der Waals surface area contributed by atoms with E-state index < -0.39 is 0 Å². The minimum atomic E-state index is -0.118. The van der Waals surface area contributed by atoms with Crippen LogP contribution in [0, 0.1) is 11.8 Å². The largest absolute Gasteiger partial charge is 0.392 e. The van der Waals surface area contributed by atoms with Crippen LogP contribution in [0.5, 0.6) is 0 Å². The van der Waals surface area contributed by atoms with Crippen molar-refractivity contribution < 1.29 is 5.11 Å². The molecule has 0 bridgehead atoms. The lowest BCUT2D eigenvalue weighted by molar-refractivity contribution is 0.0204. The van der Waals surface area contributed by atoms with Crippen LogP contribution in [-0.2, 0) is 0 Å². The van der Waals surface area contributed by atoms with E-state index in [1.165, 1.54) is 44.9 Å². The summed E-state index contributed by atoms with van der Waals surface area (Å²) in [7, 11) is 0. The molecule has 2 heteroatoms. The molecule has 2 rings (SSSR count). The van der Waals surface area contributed by atoms with Crippen molar-refractivity contribution in [3.63, 3.8) is 0 Å². The summed E-state index contributed by atoms with van der Waals surface area (Å²) in [5, 5.41) is 10.6. The van der Waals surface area contributed by atoms with Gasteiger partial charge in [-0.25, -0.2) is 0 Å². The fourth-order valence-corrected chi connectivity index (χ4v) is 3.75. The predicted octanol–water partition coefficient (Wildman–Crippen LogP) is 3.73. The third kappa shape index (κ3) is 2.88. The molecular weight excluding hydrogens is 208 g/mol. The van der Waals surface area contributed by atoms with Crippen LogP contribution in [0.4, 0.5) is 0 Å². The third-order valence-electron chi connectivity index (χ3n) is 4.30. The van der Waals surface area contributed by atoms with Crippen molar-refractivity contribution in [2.75, 3.05) is 0 Å². The SMILES string of the molecule is OC(C1CCCCC1)C1CCCCC1Cl. The Kier molecular flexibility index (Phi) is 4.33. The lowest BCUT2D eigenvalue weighted by Gasteiger charge is -2.36. The first kappa shape index (κ1) is 11.7. The summed E-state index contributed by atoms with van der Waals surface area (Å²) >= 11 is 6.34. The van der Waals surface area contributed by atoms with E-state index in [1.54, 1.807) is 0 Å². The fraction of sp³-hybridized carbons (Fsp3) is 1.00. The molecule has 2 saturated carbocycles. The van der Waals surface area contributed by atoms with Crippen LogP contribution in [0.15, 0.2) is 0 Å². The molecule has 0 spiro atoms. The zero-order valence-electron chi connectivity index (χ0n) is 9.50. The van der Waals surface area contributed by atoms with Gasteiger partial charge in [0.15, 0.2) is 0 Å². The molecule has 0 aliphatic heterocycles. The third-order valence-corrected chi connectivity index (χ3v) is 4.85. The van der Waals surface area contributed by atoms with Crippen LogP contribution in [0.2, 0.25) is 0 Å². The molecule has 1 nitrogen and oxygen atoms in total. The first-order valence-corrected chi connectivity index (χ1v) is 7.05.